The van der Waals surface area contributed by atoms with Gasteiger partial charge in [-0.1, -0.05) is 0 Å². The Bertz CT molecular complexity index is 500. The zero-order valence-corrected chi connectivity index (χ0v) is 9.41. The molecule has 0 saturated heterocycles. The Hall–Kier alpha value is -1.68. The van der Waals surface area contributed by atoms with E-state index in [2.05, 4.69) is 15.5 Å². The second-order valence-corrected chi connectivity index (χ2v) is 4.44. The van der Waals surface area contributed by atoms with Crippen LogP contribution in [0.1, 0.15) is 18.5 Å². The Morgan fingerprint density at radius 1 is 1.29 bits per heavy atom. The van der Waals surface area contributed by atoms with Crippen molar-refractivity contribution in [3.8, 4) is 11.3 Å². The van der Waals surface area contributed by atoms with Crippen molar-refractivity contribution in [2.45, 2.75) is 25.4 Å². The lowest BCUT2D eigenvalue weighted by atomic mass is 10.1. The first-order valence-electron chi connectivity index (χ1n) is 5.85. The van der Waals surface area contributed by atoms with Crippen LogP contribution in [0.4, 0.5) is 4.39 Å². The van der Waals surface area contributed by atoms with Gasteiger partial charge in [0.15, 0.2) is 0 Å². The first kappa shape index (κ1) is 10.5. The van der Waals surface area contributed by atoms with Crippen LogP contribution in [0.25, 0.3) is 11.3 Å². The van der Waals surface area contributed by atoms with E-state index in [1.807, 2.05) is 6.07 Å². The number of benzene rings is 1. The Labute approximate surface area is 99.1 Å². The summed E-state index contributed by atoms with van der Waals surface area (Å²) in [6, 6.07) is 9.07. The van der Waals surface area contributed by atoms with Crippen LogP contribution in [-0.2, 0) is 6.54 Å². The quantitative estimate of drug-likeness (QED) is 0.848. The Morgan fingerprint density at radius 2 is 2.06 bits per heavy atom. The smallest absolute Gasteiger partial charge is 0.123 e. The predicted octanol–water partition coefficient (Wildman–Crippen LogP) is 2.47. The zero-order valence-electron chi connectivity index (χ0n) is 9.41. The summed E-state index contributed by atoms with van der Waals surface area (Å²) in [5.41, 5.74) is 2.86. The average Bonchev–Trinajstić information content (AvgIpc) is 3.06. The fourth-order valence-corrected chi connectivity index (χ4v) is 1.76. The molecule has 0 amide bonds. The molecule has 1 aliphatic rings. The Morgan fingerprint density at radius 3 is 2.76 bits per heavy atom. The van der Waals surface area contributed by atoms with Crippen molar-refractivity contribution >= 4 is 0 Å². The van der Waals surface area contributed by atoms with Crippen molar-refractivity contribution in [1.82, 2.24) is 15.5 Å². The maximum Gasteiger partial charge on any atom is 0.123 e. The summed E-state index contributed by atoms with van der Waals surface area (Å²) in [6.45, 7) is 0.818. The summed E-state index contributed by atoms with van der Waals surface area (Å²) in [7, 11) is 0. The molecule has 0 radical (unpaired) electrons. The zero-order chi connectivity index (χ0) is 11.7. The molecule has 0 bridgehead atoms. The fraction of sp³-hybridized carbons (Fsp3) is 0.308. The van der Waals surface area contributed by atoms with Gasteiger partial charge in [-0.3, -0.25) is 5.10 Å². The summed E-state index contributed by atoms with van der Waals surface area (Å²) in [5, 5.41) is 10.6. The highest BCUT2D eigenvalue weighted by Gasteiger charge is 2.20. The van der Waals surface area contributed by atoms with Gasteiger partial charge >= 0.3 is 0 Å². The van der Waals surface area contributed by atoms with E-state index < -0.39 is 0 Å². The third-order valence-electron chi connectivity index (χ3n) is 2.93. The largest absolute Gasteiger partial charge is 0.308 e. The average molecular weight is 231 g/mol. The lowest BCUT2D eigenvalue weighted by Crippen LogP contribution is -2.15. The lowest BCUT2D eigenvalue weighted by molar-refractivity contribution is 0.628. The third-order valence-corrected chi connectivity index (χ3v) is 2.93. The van der Waals surface area contributed by atoms with Gasteiger partial charge < -0.3 is 5.32 Å². The summed E-state index contributed by atoms with van der Waals surface area (Å²) < 4.78 is 12.8. The maximum absolute atomic E-state index is 12.8. The van der Waals surface area contributed by atoms with Crippen molar-refractivity contribution in [2.24, 2.45) is 0 Å². The normalized spacial score (nSPS) is 15.1. The van der Waals surface area contributed by atoms with Gasteiger partial charge in [0, 0.05) is 23.8 Å². The minimum absolute atomic E-state index is 0.222. The number of aromatic nitrogens is 2. The number of halogens is 1. The molecule has 17 heavy (non-hydrogen) atoms. The van der Waals surface area contributed by atoms with E-state index in [0.29, 0.717) is 6.04 Å². The SMILES string of the molecule is Fc1ccc(-c2cc(CNC3CC3)[nH]n2)cc1. The molecule has 0 aliphatic heterocycles. The number of nitrogens with zero attached hydrogens (tertiary/aromatic N) is 1. The van der Waals surface area contributed by atoms with Gasteiger partial charge in [0.1, 0.15) is 5.82 Å². The van der Waals surface area contributed by atoms with Crippen molar-refractivity contribution in [3.63, 3.8) is 0 Å². The summed E-state index contributed by atoms with van der Waals surface area (Å²) in [5.74, 6) is -0.222. The number of rotatable bonds is 4. The molecule has 4 heteroatoms. The lowest BCUT2D eigenvalue weighted by Gasteiger charge is -1.97. The Balaban J connectivity index is 1.72. The molecule has 2 aromatic rings. The molecule has 3 nitrogen and oxygen atoms in total. The van der Waals surface area contributed by atoms with Crippen LogP contribution in [0.3, 0.4) is 0 Å². The molecule has 1 heterocycles. The van der Waals surface area contributed by atoms with Crippen LogP contribution < -0.4 is 5.32 Å². The van der Waals surface area contributed by atoms with E-state index >= 15 is 0 Å². The highest BCUT2D eigenvalue weighted by atomic mass is 19.1. The predicted molar refractivity (Wildman–Crippen MR) is 63.8 cm³/mol. The molecule has 0 atom stereocenters. The van der Waals surface area contributed by atoms with E-state index in [0.717, 1.165) is 23.5 Å². The van der Waals surface area contributed by atoms with E-state index in [1.165, 1.54) is 25.0 Å². The molecule has 1 aromatic heterocycles. The minimum atomic E-state index is -0.222. The van der Waals surface area contributed by atoms with E-state index in [1.54, 1.807) is 12.1 Å². The molecule has 1 aliphatic carbocycles. The van der Waals surface area contributed by atoms with Gasteiger partial charge in [0.05, 0.1) is 5.69 Å². The van der Waals surface area contributed by atoms with Crippen molar-refractivity contribution in [3.05, 3.63) is 41.8 Å². The first-order valence-corrected chi connectivity index (χ1v) is 5.85. The van der Waals surface area contributed by atoms with Crippen LogP contribution in [-0.4, -0.2) is 16.2 Å². The first-order chi connectivity index (χ1) is 8.31. The van der Waals surface area contributed by atoms with Crippen molar-refractivity contribution in [2.75, 3.05) is 0 Å². The molecular formula is C13H14FN3. The molecule has 1 aromatic carbocycles. The summed E-state index contributed by atoms with van der Waals surface area (Å²) in [6.07, 6.45) is 2.55. The van der Waals surface area contributed by atoms with Crippen molar-refractivity contribution < 1.29 is 4.39 Å². The van der Waals surface area contributed by atoms with Gasteiger partial charge in [-0.25, -0.2) is 4.39 Å². The number of nitrogens with one attached hydrogen (secondary N) is 2. The van der Waals surface area contributed by atoms with Crippen LogP contribution in [0.15, 0.2) is 30.3 Å². The van der Waals surface area contributed by atoms with E-state index in [4.69, 9.17) is 0 Å². The monoisotopic (exact) mass is 231 g/mol. The Kier molecular flexibility index (Phi) is 2.65. The van der Waals surface area contributed by atoms with Gasteiger partial charge in [-0.05, 0) is 43.2 Å². The van der Waals surface area contributed by atoms with E-state index in [9.17, 15) is 4.39 Å². The molecule has 1 saturated carbocycles. The highest BCUT2D eigenvalue weighted by Crippen LogP contribution is 2.20. The number of hydrogen-bond acceptors (Lipinski definition) is 2. The molecule has 88 valence electrons. The maximum atomic E-state index is 12.8. The number of aromatic amines is 1. The minimum Gasteiger partial charge on any atom is -0.308 e. The van der Waals surface area contributed by atoms with Gasteiger partial charge in [-0.2, -0.15) is 5.10 Å². The summed E-state index contributed by atoms with van der Waals surface area (Å²) in [4.78, 5) is 0. The molecular weight excluding hydrogens is 217 g/mol. The molecule has 2 N–H and O–H groups in total. The topological polar surface area (TPSA) is 40.7 Å². The highest BCUT2D eigenvalue weighted by molar-refractivity contribution is 5.58. The van der Waals surface area contributed by atoms with Gasteiger partial charge in [0.25, 0.3) is 0 Å². The standard InChI is InChI=1S/C13H14FN3/c14-10-3-1-9(2-4-10)13-7-12(16-17-13)8-15-11-5-6-11/h1-4,7,11,15H,5-6,8H2,(H,16,17). The van der Waals surface area contributed by atoms with Gasteiger partial charge in [0.2, 0.25) is 0 Å². The number of hydrogen-bond donors (Lipinski definition) is 2. The van der Waals surface area contributed by atoms with Crippen molar-refractivity contribution in [1.29, 1.82) is 0 Å². The van der Waals surface area contributed by atoms with E-state index in [-0.39, 0.29) is 5.82 Å². The van der Waals surface area contributed by atoms with Crippen LogP contribution in [0.2, 0.25) is 0 Å². The second kappa shape index (κ2) is 4.30. The second-order valence-electron chi connectivity index (χ2n) is 4.44. The van der Waals surface area contributed by atoms with Gasteiger partial charge in [-0.15, -0.1) is 0 Å². The molecule has 1 fully saturated rings. The molecule has 0 spiro atoms. The fourth-order valence-electron chi connectivity index (χ4n) is 1.76. The van der Waals surface area contributed by atoms with Crippen LogP contribution in [0, 0.1) is 5.82 Å². The third kappa shape index (κ3) is 2.53. The van der Waals surface area contributed by atoms with Crippen LogP contribution >= 0.6 is 0 Å². The summed E-state index contributed by atoms with van der Waals surface area (Å²) >= 11 is 0. The number of H-pyrrole nitrogens is 1. The van der Waals surface area contributed by atoms with Crippen LogP contribution in [0.5, 0.6) is 0 Å². The molecule has 0 unspecified atom stereocenters. The molecule has 3 rings (SSSR count).